The molecule has 0 saturated heterocycles. The lowest BCUT2D eigenvalue weighted by Crippen LogP contribution is -2.42. The fourth-order valence-corrected chi connectivity index (χ4v) is 3.54. The van der Waals surface area contributed by atoms with Crippen LogP contribution in [0.2, 0.25) is 0 Å². The molecule has 1 N–H and O–H groups in total. The summed E-state index contributed by atoms with van der Waals surface area (Å²) in [6, 6.07) is -0.574. The van der Waals surface area contributed by atoms with Crippen LogP contribution in [0.4, 0.5) is 0 Å². The topological polar surface area (TPSA) is 117 Å². The van der Waals surface area contributed by atoms with Crippen molar-refractivity contribution in [3.63, 3.8) is 0 Å². The second-order valence-corrected chi connectivity index (χ2v) is 10.1. The van der Waals surface area contributed by atoms with Crippen molar-refractivity contribution in [2.24, 2.45) is 17.8 Å². The van der Waals surface area contributed by atoms with Crippen molar-refractivity contribution < 1.29 is 38.1 Å². The van der Waals surface area contributed by atoms with Gasteiger partial charge in [-0.05, 0) is 64.7 Å². The number of nitrogens with one attached hydrogen (secondary N) is 1. The van der Waals surface area contributed by atoms with Gasteiger partial charge in [0.25, 0.3) is 0 Å². The fraction of sp³-hybridized carbons (Fsp3) is 0.862. The van der Waals surface area contributed by atoms with Gasteiger partial charge in [-0.3, -0.25) is 9.59 Å². The summed E-state index contributed by atoms with van der Waals surface area (Å²) in [5.74, 6) is 0.334. The number of rotatable bonds is 21. The van der Waals surface area contributed by atoms with Gasteiger partial charge in [-0.25, -0.2) is 4.79 Å². The Morgan fingerprint density at radius 2 is 1.26 bits per heavy atom. The van der Waals surface area contributed by atoms with Gasteiger partial charge in [-0.1, -0.05) is 34.6 Å². The van der Waals surface area contributed by atoms with Crippen molar-refractivity contribution in [1.82, 2.24) is 5.32 Å². The Kier molecular flexibility index (Phi) is 25.4. The molecule has 9 heteroatoms. The normalized spacial score (nSPS) is 12.4. The number of carbonyl (C=O) groups is 4. The summed E-state index contributed by atoms with van der Waals surface area (Å²) in [7, 11) is 0. The number of ether oxygens (including phenoxy) is 4. The molecule has 0 spiro atoms. The van der Waals surface area contributed by atoms with E-state index in [9.17, 15) is 19.2 Å². The van der Waals surface area contributed by atoms with Crippen LogP contribution in [-0.2, 0) is 38.1 Å². The zero-order valence-corrected chi connectivity index (χ0v) is 25.3. The van der Waals surface area contributed by atoms with Gasteiger partial charge in [-0.2, -0.15) is 0 Å². The third kappa shape index (κ3) is 24.3. The minimum absolute atomic E-state index is 0.0217. The van der Waals surface area contributed by atoms with Crippen LogP contribution in [0.5, 0.6) is 0 Å². The van der Waals surface area contributed by atoms with Crippen molar-refractivity contribution in [2.75, 3.05) is 39.6 Å². The fourth-order valence-electron chi connectivity index (χ4n) is 3.54. The largest absolute Gasteiger partial charge is 0.464 e. The molecule has 9 nitrogen and oxygen atoms in total. The highest BCUT2D eigenvalue weighted by Crippen LogP contribution is 2.16. The van der Waals surface area contributed by atoms with Gasteiger partial charge in [0.1, 0.15) is 18.4 Å². The zero-order valence-electron chi connectivity index (χ0n) is 25.3. The minimum Gasteiger partial charge on any atom is -0.464 e. The predicted molar refractivity (Wildman–Crippen MR) is 149 cm³/mol. The first-order chi connectivity index (χ1) is 18.0. The highest BCUT2D eigenvalue weighted by molar-refractivity contribution is 5.84. The number of hydrogen-bond acceptors (Lipinski definition) is 8. The van der Waals surface area contributed by atoms with E-state index < -0.39 is 6.04 Å². The molecule has 0 aliphatic rings. The molecule has 0 saturated carbocycles. The summed E-state index contributed by atoms with van der Waals surface area (Å²) in [4.78, 5) is 46.1. The van der Waals surface area contributed by atoms with E-state index in [1.165, 1.54) is 0 Å². The van der Waals surface area contributed by atoms with E-state index in [1.807, 2.05) is 27.7 Å². The number of ketones is 1. The molecule has 0 aliphatic carbocycles. The molecule has 0 radical (unpaired) electrons. The van der Waals surface area contributed by atoms with Gasteiger partial charge in [0.2, 0.25) is 5.91 Å². The maximum Gasteiger partial charge on any atom is 0.328 e. The lowest BCUT2D eigenvalue weighted by atomic mass is 9.95. The van der Waals surface area contributed by atoms with Crippen molar-refractivity contribution >= 4 is 23.6 Å². The van der Waals surface area contributed by atoms with Crippen LogP contribution >= 0.6 is 0 Å². The van der Waals surface area contributed by atoms with E-state index in [4.69, 9.17) is 18.9 Å². The summed E-state index contributed by atoms with van der Waals surface area (Å²) < 4.78 is 20.6. The Labute approximate surface area is 231 Å². The predicted octanol–water partition coefficient (Wildman–Crippen LogP) is 4.88. The molecule has 0 rings (SSSR count). The van der Waals surface area contributed by atoms with Crippen molar-refractivity contribution in [1.29, 1.82) is 0 Å². The maximum atomic E-state index is 11.8. The van der Waals surface area contributed by atoms with Gasteiger partial charge in [-0.15, -0.1) is 0 Å². The van der Waals surface area contributed by atoms with Crippen LogP contribution in [-0.4, -0.2) is 69.3 Å². The van der Waals surface area contributed by atoms with Gasteiger partial charge in [0.05, 0.1) is 32.3 Å². The first kappa shape index (κ1) is 38.1. The number of Topliss-reactive ketones (excluding diaryl/α,β-unsaturated/α-hetero) is 1. The molecule has 2 unspecified atom stereocenters. The molecular formula is C29H55NO8. The van der Waals surface area contributed by atoms with E-state index in [0.717, 1.165) is 12.8 Å². The van der Waals surface area contributed by atoms with Crippen LogP contribution in [0.3, 0.4) is 0 Å². The van der Waals surface area contributed by atoms with E-state index in [2.05, 4.69) is 19.2 Å². The van der Waals surface area contributed by atoms with Crippen molar-refractivity contribution in [3.05, 3.63) is 0 Å². The number of unbranched alkanes of at least 4 members (excludes halogenated alkanes) is 1. The van der Waals surface area contributed by atoms with Crippen LogP contribution < -0.4 is 5.32 Å². The summed E-state index contributed by atoms with van der Waals surface area (Å²) >= 11 is 0. The lowest BCUT2D eigenvalue weighted by Gasteiger charge is -2.19. The van der Waals surface area contributed by atoms with E-state index in [0.29, 0.717) is 83.6 Å². The summed E-state index contributed by atoms with van der Waals surface area (Å²) in [5.41, 5.74) is 0. The Bertz CT molecular complexity index is 636. The molecule has 0 aliphatic heterocycles. The zero-order chi connectivity index (χ0) is 29.3. The Balaban J connectivity index is 0. The first-order valence-corrected chi connectivity index (χ1v) is 14.3. The van der Waals surface area contributed by atoms with Gasteiger partial charge in [0.15, 0.2) is 0 Å². The van der Waals surface area contributed by atoms with Gasteiger partial charge < -0.3 is 29.1 Å². The summed E-state index contributed by atoms with van der Waals surface area (Å²) in [5, 5.41) is 2.72. The van der Waals surface area contributed by atoms with Crippen molar-refractivity contribution in [3.8, 4) is 0 Å². The van der Waals surface area contributed by atoms with Crippen LogP contribution in [0, 0.1) is 17.8 Å². The Morgan fingerprint density at radius 1 is 0.684 bits per heavy atom. The van der Waals surface area contributed by atoms with E-state index in [1.54, 1.807) is 13.8 Å². The molecule has 0 bridgehead atoms. The minimum atomic E-state index is -0.574. The highest BCUT2D eigenvalue weighted by Gasteiger charge is 2.23. The average Bonchev–Trinajstić information content (AvgIpc) is 2.84. The molecule has 0 aromatic rings. The highest BCUT2D eigenvalue weighted by atomic mass is 16.6. The Hall–Kier alpha value is -2.00. The second-order valence-electron chi connectivity index (χ2n) is 10.1. The molecule has 2 atom stereocenters. The van der Waals surface area contributed by atoms with Gasteiger partial charge in [0, 0.05) is 19.4 Å². The van der Waals surface area contributed by atoms with Gasteiger partial charge >= 0.3 is 11.9 Å². The monoisotopic (exact) mass is 545 g/mol. The van der Waals surface area contributed by atoms with Crippen molar-refractivity contribution in [2.45, 2.75) is 106 Å². The SMILES string of the molecule is CCOC(=O)C(CC(C)C)NC(=O)CCCCC(C)=O.CCOCCOCCOC(=O)C(CC)CC(C)C. The van der Waals surface area contributed by atoms with Crippen LogP contribution in [0.1, 0.15) is 100 Å². The standard InChI is InChI=1S/C15H27NO4.C14H28O4/c1-5-20-15(19)13(10-11(2)3)16-14(18)9-7-6-8-12(4)17;1-5-13(11-12(3)4)14(15)18-10-9-17-8-7-16-6-2/h11,13H,5-10H2,1-4H3,(H,16,18);12-13H,5-11H2,1-4H3. The number of amides is 1. The molecule has 0 heterocycles. The third-order valence-electron chi connectivity index (χ3n) is 5.43. The summed E-state index contributed by atoms with van der Waals surface area (Å²) in [6.45, 7) is 18.4. The second kappa shape index (κ2) is 25.3. The smallest absolute Gasteiger partial charge is 0.328 e. The maximum absolute atomic E-state index is 11.8. The van der Waals surface area contributed by atoms with Crippen LogP contribution in [0.25, 0.3) is 0 Å². The lowest BCUT2D eigenvalue weighted by molar-refractivity contribution is -0.151. The van der Waals surface area contributed by atoms with E-state index >= 15 is 0 Å². The molecule has 38 heavy (non-hydrogen) atoms. The Morgan fingerprint density at radius 3 is 1.79 bits per heavy atom. The number of esters is 2. The molecule has 0 aromatic carbocycles. The first-order valence-electron chi connectivity index (χ1n) is 14.3. The molecule has 224 valence electrons. The summed E-state index contributed by atoms with van der Waals surface area (Å²) in [6.07, 6.45) is 4.49. The van der Waals surface area contributed by atoms with E-state index in [-0.39, 0.29) is 29.5 Å². The third-order valence-corrected chi connectivity index (χ3v) is 5.43. The molecule has 1 amide bonds. The van der Waals surface area contributed by atoms with Crippen LogP contribution in [0.15, 0.2) is 0 Å². The molecule has 0 aromatic heterocycles. The average molecular weight is 546 g/mol. The number of hydrogen-bond donors (Lipinski definition) is 1. The molecular weight excluding hydrogens is 490 g/mol. The quantitative estimate of drug-likeness (QED) is 0.160. The number of carbonyl (C=O) groups excluding carboxylic acids is 4. The molecule has 0 fully saturated rings.